The zero-order valence-electron chi connectivity index (χ0n) is 11.1. The normalized spacial score (nSPS) is 12.1. The quantitative estimate of drug-likeness (QED) is 0.907. The minimum atomic E-state index is 0.0206. The van der Waals surface area contributed by atoms with E-state index in [1.807, 2.05) is 30.5 Å². The average molecular weight is 275 g/mol. The van der Waals surface area contributed by atoms with Crippen LogP contribution in [0.25, 0.3) is 11.4 Å². The Kier molecular flexibility index (Phi) is 4.63. The van der Waals surface area contributed by atoms with Crippen molar-refractivity contribution >= 4 is 22.4 Å². The summed E-state index contributed by atoms with van der Waals surface area (Å²) < 4.78 is 0. The topological polar surface area (TPSA) is 54.9 Å². The van der Waals surface area contributed by atoms with Crippen molar-refractivity contribution in [3.05, 3.63) is 29.8 Å². The molecular formula is C14H17N3OS. The largest absolute Gasteiger partial charge is 0.302 e. The fourth-order valence-corrected chi connectivity index (χ4v) is 2.46. The standard InChI is InChI=1S/C14H17N3OS/c1-3-6-10(2)13(18)17-14-16-12(9-19-14)11-7-4-5-8-15-11/h4-5,7-10H,3,6H2,1-2H3,(H,16,17,18). The number of nitrogens with zero attached hydrogens (tertiary/aromatic N) is 2. The molecule has 1 amide bonds. The molecule has 100 valence electrons. The van der Waals surface area contributed by atoms with E-state index in [4.69, 9.17) is 0 Å². The maximum atomic E-state index is 11.9. The smallest absolute Gasteiger partial charge is 0.228 e. The summed E-state index contributed by atoms with van der Waals surface area (Å²) >= 11 is 1.43. The second-order valence-electron chi connectivity index (χ2n) is 4.43. The van der Waals surface area contributed by atoms with Gasteiger partial charge in [-0.05, 0) is 18.6 Å². The highest BCUT2D eigenvalue weighted by Gasteiger charge is 2.14. The molecule has 0 aliphatic carbocycles. The van der Waals surface area contributed by atoms with Crippen LogP contribution in [0.4, 0.5) is 5.13 Å². The first-order valence-electron chi connectivity index (χ1n) is 6.38. The van der Waals surface area contributed by atoms with E-state index >= 15 is 0 Å². The number of pyridine rings is 1. The van der Waals surface area contributed by atoms with Crippen LogP contribution in [0.1, 0.15) is 26.7 Å². The van der Waals surface area contributed by atoms with Crippen molar-refractivity contribution in [2.45, 2.75) is 26.7 Å². The fourth-order valence-electron chi connectivity index (χ4n) is 1.76. The van der Waals surface area contributed by atoms with Gasteiger partial charge in [0.15, 0.2) is 5.13 Å². The second-order valence-corrected chi connectivity index (χ2v) is 5.29. The molecule has 1 atom stereocenters. The molecule has 1 N–H and O–H groups in total. The molecule has 0 radical (unpaired) electrons. The predicted octanol–water partition coefficient (Wildman–Crippen LogP) is 3.58. The van der Waals surface area contributed by atoms with Crippen LogP contribution in [-0.4, -0.2) is 15.9 Å². The van der Waals surface area contributed by atoms with Crippen molar-refractivity contribution in [2.75, 3.05) is 5.32 Å². The number of rotatable bonds is 5. The zero-order chi connectivity index (χ0) is 13.7. The number of hydrogen-bond acceptors (Lipinski definition) is 4. The number of anilines is 1. The summed E-state index contributed by atoms with van der Waals surface area (Å²) in [6, 6.07) is 5.69. The van der Waals surface area contributed by atoms with E-state index in [1.165, 1.54) is 11.3 Å². The third-order valence-electron chi connectivity index (χ3n) is 2.83. The molecule has 19 heavy (non-hydrogen) atoms. The van der Waals surface area contributed by atoms with Crippen molar-refractivity contribution in [2.24, 2.45) is 5.92 Å². The number of carbonyl (C=O) groups excluding carboxylic acids is 1. The summed E-state index contributed by atoms with van der Waals surface area (Å²) in [5.74, 6) is 0.0518. The van der Waals surface area contributed by atoms with Crippen LogP contribution in [0.2, 0.25) is 0 Å². The van der Waals surface area contributed by atoms with E-state index in [0.29, 0.717) is 5.13 Å². The maximum Gasteiger partial charge on any atom is 0.228 e. The Labute approximate surface area is 116 Å². The highest BCUT2D eigenvalue weighted by Crippen LogP contribution is 2.23. The van der Waals surface area contributed by atoms with Gasteiger partial charge in [0.2, 0.25) is 5.91 Å². The van der Waals surface area contributed by atoms with E-state index in [1.54, 1.807) is 6.20 Å². The molecule has 2 aromatic rings. The molecule has 0 saturated heterocycles. The van der Waals surface area contributed by atoms with E-state index in [2.05, 4.69) is 22.2 Å². The Balaban J connectivity index is 2.04. The van der Waals surface area contributed by atoms with E-state index in [-0.39, 0.29) is 11.8 Å². The van der Waals surface area contributed by atoms with Crippen molar-refractivity contribution in [1.82, 2.24) is 9.97 Å². The maximum absolute atomic E-state index is 11.9. The van der Waals surface area contributed by atoms with Crippen LogP contribution >= 0.6 is 11.3 Å². The third-order valence-corrected chi connectivity index (χ3v) is 3.59. The Morgan fingerprint density at radius 3 is 2.95 bits per heavy atom. The van der Waals surface area contributed by atoms with Crippen molar-refractivity contribution in [3.8, 4) is 11.4 Å². The zero-order valence-corrected chi connectivity index (χ0v) is 11.9. The van der Waals surface area contributed by atoms with Gasteiger partial charge < -0.3 is 5.32 Å². The van der Waals surface area contributed by atoms with Gasteiger partial charge in [-0.1, -0.05) is 26.3 Å². The molecule has 0 aromatic carbocycles. The van der Waals surface area contributed by atoms with Gasteiger partial charge in [0, 0.05) is 17.5 Å². The van der Waals surface area contributed by atoms with E-state index in [0.717, 1.165) is 24.2 Å². The monoisotopic (exact) mass is 275 g/mol. The van der Waals surface area contributed by atoms with Gasteiger partial charge >= 0.3 is 0 Å². The summed E-state index contributed by atoms with van der Waals surface area (Å²) in [7, 11) is 0. The number of aromatic nitrogens is 2. The molecule has 2 aromatic heterocycles. The summed E-state index contributed by atoms with van der Waals surface area (Å²) in [4.78, 5) is 20.5. The molecule has 2 rings (SSSR count). The Hall–Kier alpha value is -1.75. The Bertz CT molecular complexity index is 539. The molecule has 2 heterocycles. The van der Waals surface area contributed by atoms with Crippen molar-refractivity contribution in [3.63, 3.8) is 0 Å². The van der Waals surface area contributed by atoms with Gasteiger partial charge in [-0.25, -0.2) is 4.98 Å². The van der Waals surface area contributed by atoms with Crippen molar-refractivity contribution < 1.29 is 4.79 Å². The van der Waals surface area contributed by atoms with Crippen LogP contribution < -0.4 is 5.32 Å². The van der Waals surface area contributed by atoms with Crippen LogP contribution in [0.15, 0.2) is 29.8 Å². The van der Waals surface area contributed by atoms with Crippen LogP contribution in [-0.2, 0) is 4.79 Å². The van der Waals surface area contributed by atoms with Crippen LogP contribution in [0.3, 0.4) is 0 Å². The average Bonchev–Trinajstić information content (AvgIpc) is 2.88. The Morgan fingerprint density at radius 1 is 1.42 bits per heavy atom. The molecule has 4 nitrogen and oxygen atoms in total. The van der Waals surface area contributed by atoms with Crippen LogP contribution in [0.5, 0.6) is 0 Å². The van der Waals surface area contributed by atoms with Gasteiger partial charge in [-0.3, -0.25) is 9.78 Å². The highest BCUT2D eigenvalue weighted by molar-refractivity contribution is 7.14. The van der Waals surface area contributed by atoms with Gasteiger partial charge in [0.1, 0.15) is 5.69 Å². The number of carbonyl (C=O) groups is 1. The van der Waals surface area contributed by atoms with E-state index < -0.39 is 0 Å². The second kappa shape index (κ2) is 6.43. The molecule has 0 fully saturated rings. The highest BCUT2D eigenvalue weighted by atomic mass is 32.1. The predicted molar refractivity (Wildman–Crippen MR) is 78.0 cm³/mol. The van der Waals surface area contributed by atoms with Crippen LogP contribution in [0, 0.1) is 5.92 Å². The first kappa shape index (κ1) is 13.7. The fraction of sp³-hybridized carbons (Fsp3) is 0.357. The summed E-state index contributed by atoms with van der Waals surface area (Å²) in [6.07, 6.45) is 3.63. The molecule has 0 aliphatic rings. The van der Waals surface area contributed by atoms with E-state index in [9.17, 15) is 4.79 Å². The first-order chi connectivity index (χ1) is 9.20. The molecule has 0 saturated carbocycles. The SMILES string of the molecule is CCCC(C)C(=O)Nc1nc(-c2ccccn2)cs1. The molecule has 0 bridgehead atoms. The number of thiazole rings is 1. The number of hydrogen-bond donors (Lipinski definition) is 1. The lowest BCUT2D eigenvalue weighted by Gasteiger charge is -2.08. The molecule has 0 spiro atoms. The summed E-state index contributed by atoms with van der Waals surface area (Å²) in [6.45, 7) is 4.01. The minimum Gasteiger partial charge on any atom is -0.302 e. The number of amides is 1. The third kappa shape index (κ3) is 3.61. The summed E-state index contributed by atoms with van der Waals surface area (Å²) in [5.41, 5.74) is 1.62. The molecular weight excluding hydrogens is 258 g/mol. The number of nitrogens with one attached hydrogen (secondary N) is 1. The van der Waals surface area contributed by atoms with Gasteiger partial charge in [0.25, 0.3) is 0 Å². The summed E-state index contributed by atoms with van der Waals surface area (Å²) in [5, 5.41) is 5.40. The molecule has 1 unspecified atom stereocenters. The Morgan fingerprint density at radius 2 is 2.26 bits per heavy atom. The van der Waals surface area contributed by atoms with Gasteiger partial charge in [-0.2, -0.15) is 0 Å². The lowest BCUT2D eigenvalue weighted by atomic mass is 10.1. The lowest BCUT2D eigenvalue weighted by molar-refractivity contribution is -0.119. The molecule has 0 aliphatic heterocycles. The first-order valence-corrected chi connectivity index (χ1v) is 7.26. The van der Waals surface area contributed by atoms with Crippen molar-refractivity contribution in [1.29, 1.82) is 0 Å². The van der Waals surface area contributed by atoms with Gasteiger partial charge in [-0.15, -0.1) is 11.3 Å². The van der Waals surface area contributed by atoms with Gasteiger partial charge in [0.05, 0.1) is 5.69 Å². The molecule has 5 heteroatoms. The minimum absolute atomic E-state index is 0.0206. The lowest BCUT2D eigenvalue weighted by Crippen LogP contribution is -2.20.